The number of esters is 1. The van der Waals surface area contributed by atoms with Crippen LogP contribution in [0.1, 0.15) is 41.1 Å². The molecule has 0 amide bonds. The molecule has 5 nitrogen and oxygen atoms in total. The fourth-order valence-corrected chi connectivity index (χ4v) is 3.69. The summed E-state index contributed by atoms with van der Waals surface area (Å²) in [4.78, 5) is 12.4. The molecule has 0 spiro atoms. The lowest BCUT2D eigenvalue weighted by atomic mass is 9.96. The second-order valence-corrected chi connectivity index (χ2v) is 6.79. The number of aryl methyl sites for hydroxylation is 4. The lowest BCUT2D eigenvalue weighted by molar-refractivity contribution is -0.133. The van der Waals surface area contributed by atoms with Crippen LogP contribution in [0.5, 0.6) is 5.75 Å². The number of benzene rings is 1. The molecule has 5 heteroatoms. The fourth-order valence-electron chi connectivity index (χ4n) is 3.69. The Hall–Kier alpha value is -2.56. The highest BCUT2D eigenvalue weighted by molar-refractivity contribution is 5.85. The lowest BCUT2D eigenvalue weighted by Crippen LogP contribution is -2.12. The van der Waals surface area contributed by atoms with Gasteiger partial charge in [-0.2, -0.15) is 5.10 Å². The van der Waals surface area contributed by atoms with E-state index in [1.54, 1.807) is 10.7 Å². The van der Waals surface area contributed by atoms with Crippen LogP contribution in [0.4, 0.5) is 0 Å². The molecule has 0 aliphatic heterocycles. The van der Waals surface area contributed by atoms with E-state index < -0.39 is 0 Å². The summed E-state index contributed by atoms with van der Waals surface area (Å²) >= 11 is 0. The third-order valence-corrected chi connectivity index (χ3v) is 5.14. The fraction of sp³-hybridized carbons (Fsp3) is 0.400. The van der Waals surface area contributed by atoms with Crippen LogP contribution in [0.15, 0.2) is 22.6 Å². The third kappa shape index (κ3) is 2.84. The van der Waals surface area contributed by atoms with E-state index in [4.69, 9.17) is 9.15 Å². The van der Waals surface area contributed by atoms with Gasteiger partial charge in [-0.05, 0) is 51.3 Å². The van der Waals surface area contributed by atoms with E-state index in [1.807, 2.05) is 33.0 Å². The Morgan fingerprint density at radius 1 is 1.28 bits per heavy atom. The predicted molar refractivity (Wildman–Crippen MR) is 94.9 cm³/mol. The summed E-state index contributed by atoms with van der Waals surface area (Å²) in [6.45, 7) is 3.88. The first-order valence-electron chi connectivity index (χ1n) is 8.77. The summed E-state index contributed by atoms with van der Waals surface area (Å²) in [6.07, 6.45) is 4.63. The van der Waals surface area contributed by atoms with Crippen LogP contribution in [0, 0.1) is 13.8 Å². The van der Waals surface area contributed by atoms with E-state index in [0.29, 0.717) is 5.75 Å². The van der Waals surface area contributed by atoms with Crippen molar-refractivity contribution in [2.24, 2.45) is 7.05 Å². The monoisotopic (exact) mass is 338 g/mol. The molecule has 1 aliphatic carbocycles. The van der Waals surface area contributed by atoms with Gasteiger partial charge in [0.25, 0.3) is 0 Å². The summed E-state index contributed by atoms with van der Waals surface area (Å²) in [5, 5.41) is 5.43. The first kappa shape index (κ1) is 15.9. The quantitative estimate of drug-likeness (QED) is 0.538. The number of fused-ring (bicyclic) bond motifs is 3. The van der Waals surface area contributed by atoms with Crippen molar-refractivity contribution in [3.8, 4) is 5.75 Å². The minimum absolute atomic E-state index is 0.229. The average molecular weight is 338 g/mol. The zero-order chi connectivity index (χ0) is 17.6. The molecule has 3 aromatic rings. The van der Waals surface area contributed by atoms with Gasteiger partial charge in [0.15, 0.2) is 0 Å². The van der Waals surface area contributed by atoms with Crippen molar-refractivity contribution in [2.45, 2.75) is 46.0 Å². The van der Waals surface area contributed by atoms with Gasteiger partial charge in [-0.15, -0.1) is 0 Å². The maximum atomic E-state index is 12.4. The van der Waals surface area contributed by atoms with Crippen molar-refractivity contribution in [2.75, 3.05) is 0 Å². The summed E-state index contributed by atoms with van der Waals surface area (Å²) in [6, 6.07) is 5.64. The Morgan fingerprint density at radius 3 is 2.84 bits per heavy atom. The predicted octanol–water partition coefficient (Wildman–Crippen LogP) is 3.81. The molecule has 130 valence electrons. The molecule has 4 rings (SSSR count). The molecule has 0 radical (unpaired) electrons. The smallest absolute Gasteiger partial charge is 0.315 e. The molecular formula is C20H22N2O3. The Morgan fingerprint density at radius 2 is 2.08 bits per heavy atom. The van der Waals surface area contributed by atoms with Crippen LogP contribution in [-0.4, -0.2) is 15.7 Å². The summed E-state index contributed by atoms with van der Waals surface area (Å²) < 4.78 is 13.3. The standard InChI is InChI=1S/C20H22N2O3/c1-12-16(13(2)22(3)21-12)11-20(23)24-14-8-9-19-17(10-14)15-6-4-5-7-18(15)25-19/h8-10H,4-7,11H2,1-3H3. The molecule has 25 heavy (non-hydrogen) atoms. The number of hydrogen-bond acceptors (Lipinski definition) is 4. The minimum Gasteiger partial charge on any atom is -0.461 e. The third-order valence-electron chi connectivity index (χ3n) is 5.14. The number of aromatic nitrogens is 2. The SMILES string of the molecule is Cc1nn(C)c(C)c1CC(=O)Oc1ccc2oc3c(c2c1)CCCC3. The van der Waals surface area contributed by atoms with Crippen molar-refractivity contribution < 1.29 is 13.9 Å². The summed E-state index contributed by atoms with van der Waals surface area (Å²) in [5.41, 5.74) is 4.96. The topological polar surface area (TPSA) is 57.3 Å². The molecule has 0 saturated heterocycles. The Kier molecular flexibility index (Phi) is 3.86. The largest absolute Gasteiger partial charge is 0.461 e. The van der Waals surface area contributed by atoms with E-state index in [9.17, 15) is 4.79 Å². The zero-order valence-electron chi connectivity index (χ0n) is 14.9. The molecule has 0 saturated carbocycles. The molecule has 1 aromatic carbocycles. The van der Waals surface area contributed by atoms with Gasteiger partial charge in [-0.3, -0.25) is 9.48 Å². The van der Waals surface area contributed by atoms with Crippen molar-refractivity contribution in [3.05, 3.63) is 46.5 Å². The van der Waals surface area contributed by atoms with E-state index in [2.05, 4.69) is 5.10 Å². The number of hydrogen-bond donors (Lipinski definition) is 0. The maximum absolute atomic E-state index is 12.4. The van der Waals surface area contributed by atoms with Crippen LogP contribution in [-0.2, 0) is 31.1 Å². The number of ether oxygens (including phenoxy) is 1. The van der Waals surface area contributed by atoms with Gasteiger partial charge in [0, 0.05) is 35.7 Å². The molecule has 0 bridgehead atoms. The van der Waals surface area contributed by atoms with Crippen molar-refractivity contribution in [1.82, 2.24) is 9.78 Å². The molecule has 1 aliphatic rings. The maximum Gasteiger partial charge on any atom is 0.315 e. The highest BCUT2D eigenvalue weighted by Crippen LogP contribution is 2.34. The molecule has 0 unspecified atom stereocenters. The normalized spacial score (nSPS) is 13.9. The van der Waals surface area contributed by atoms with Gasteiger partial charge in [0.2, 0.25) is 0 Å². The second kappa shape index (κ2) is 6.06. The van der Waals surface area contributed by atoms with Crippen molar-refractivity contribution in [3.63, 3.8) is 0 Å². The van der Waals surface area contributed by atoms with E-state index in [-0.39, 0.29) is 12.4 Å². The highest BCUT2D eigenvalue weighted by atomic mass is 16.5. The van der Waals surface area contributed by atoms with Gasteiger partial charge in [0.05, 0.1) is 12.1 Å². The summed E-state index contributed by atoms with van der Waals surface area (Å²) in [7, 11) is 1.88. The number of rotatable bonds is 3. The Labute approximate surface area is 146 Å². The minimum atomic E-state index is -0.268. The Bertz CT molecular complexity index is 965. The zero-order valence-corrected chi connectivity index (χ0v) is 14.9. The van der Waals surface area contributed by atoms with Crippen LogP contribution in [0.3, 0.4) is 0 Å². The van der Waals surface area contributed by atoms with Gasteiger partial charge in [-0.1, -0.05) is 0 Å². The highest BCUT2D eigenvalue weighted by Gasteiger charge is 2.19. The van der Waals surface area contributed by atoms with Gasteiger partial charge < -0.3 is 9.15 Å². The molecule has 2 heterocycles. The van der Waals surface area contributed by atoms with Crippen LogP contribution < -0.4 is 4.74 Å². The van der Waals surface area contributed by atoms with E-state index in [0.717, 1.165) is 46.5 Å². The number of nitrogens with zero attached hydrogens (tertiary/aromatic N) is 2. The van der Waals surface area contributed by atoms with Gasteiger partial charge in [0.1, 0.15) is 17.1 Å². The van der Waals surface area contributed by atoms with Crippen molar-refractivity contribution >= 4 is 16.9 Å². The van der Waals surface area contributed by atoms with E-state index in [1.165, 1.54) is 18.4 Å². The van der Waals surface area contributed by atoms with Crippen LogP contribution in [0.25, 0.3) is 11.0 Å². The first-order valence-corrected chi connectivity index (χ1v) is 8.77. The average Bonchev–Trinajstić information content (AvgIpc) is 3.07. The molecule has 0 atom stereocenters. The molecule has 0 fully saturated rings. The lowest BCUT2D eigenvalue weighted by Gasteiger charge is -2.09. The van der Waals surface area contributed by atoms with Crippen LogP contribution in [0.2, 0.25) is 0 Å². The second-order valence-electron chi connectivity index (χ2n) is 6.79. The summed E-state index contributed by atoms with van der Waals surface area (Å²) in [5.74, 6) is 1.40. The van der Waals surface area contributed by atoms with Gasteiger partial charge >= 0.3 is 5.97 Å². The Balaban J connectivity index is 1.57. The molecule has 2 aromatic heterocycles. The number of carbonyl (C=O) groups excluding carboxylic acids is 1. The number of carbonyl (C=O) groups is 1. The van der Waals surface area contributed by atoms with Gasteiger partial charge in [-0.25, -0.2) is 0 Å². The first-order chi connectivity index (χ1) is 12.0. The van der Waals surface area contributed by atoms with Crippen LogP contribution >= 0.6 is 0 Å². The number of furan rings is 1. The molecule has 0 N–H and O–H groups in total. The van der Waals surface area contributed by atoms with E-state index >= 15 is 0 Å². The van der Waals surface area contributed by atoms with Crippen molar-refractivity contribution in [1.29, 1.82) is 0 Å². The molecular weight excluding hydrogens is 316 g/mol.